The second kappa shape index (κ2) is 6.01. The molecular weight excluding hydrogens is 278 g/mol. The van der Waals surface area contributed by atoms with Crippen LogP contribution in [-0.2, 0) is 9.84 Å². The Morgan fingerprint density at radius 2 is 1.80 bits per heavy atom. The van der Waals surface area contributed by atoms with Crippen LogP contribution in [0.1, 0.15) is 25.5 Å². The first kappa shape index (κ1) is 15.1. The van der Waals surface area contributed by atoms with Gasteiger partial charge >= 0.3 is 0 Å². The van der Waals surface area contributed by atoms with Gasteiger partial charge in [-0.1, -0.05) is 19.9 Å². The number of rotatable bonds is 5. The first-order chi connectivity index (χ1) is 9.37. The van der Waals surface area contributed by atoms with E-state index in [9.17, 15) is 8.42 Å². The smallest absolute Gasteiger partial charge is 0.161 e. The zero-order valence-corrected chi connectivity index (χ0v) is 12.7. The molecule has 0 bridgehead atoms. The van der Waals surface area contributed by atoms with E-state index < -0.39 is 15.9 Å². The van der Waals surface area contributed by atoms with Crippen molar-refractivity contribution in [2.24, 2.45) is 11.7 Å². The fourth-order valence-corrected chi connectivity index (χ4v) is 4.13. The molecule has 0 aromatic heterocycles. The maximum atomic E-state index is 12.0. The molecule has 0 amide bonds. The quantitative estimate of drug-likeness (QED) is 0.892. The number of hydrogen-bond donors (Lipinski definition) is 1. The molecule has 0 aliphatic carbocycles. The van der Waals surface area contributed by atoms with E-state index in [0.717, 1.165) is 5.56 Å². The molecule has 2 rings (SSSR count). The van der Waals surface area contributed by atoms with E-state index in [1.54, 1.807) is 18.2 Å². The van der Waals surface area contributed by atoms with Gasteiger partial charge in [0.25, 0.3) is 0 Å². The van der Waals surface area contributed by atoms with Gasteiger partial charge in [0.15, 0.2) is 21.3 Å². The molecule has 0 radical (unpaired) electrons. The summed E-state index contributed by atoms with van der Waals surface area (Å²) in [5.41, 5.74) is 6.77. The number of benzene rings is 1. The highest BCUT2D eigenvalue weighted by molar-refractivity contribution is 7.91. The van der Waals surface area contributed by atoms with E-state index in [1.807, 2.05) is 13.8 Å². The van der Waals surface area contributed by atoms with E-state index >= 15 is 0 Å². The lowest BCUT2D eigenvalue weighted by molar-refractivity contribution is 0.171. The molecule has 5 nitrogen and oxygen atoms in total. The fourth-order valence-electron chi connectivity index (χ4n) is 2.24. The highest BCUT2D eigenvalue weighted by Crippen LogP contribution is 2.32. The normalized spacial score (nSPS) is 16.2. The minimum absolute atomic E-state index is 0.0508. The van der Waals surface area contributed by atoms with Crippen molar-refractivity contribution < 1.29 is 17.9 Å². The summed E-state index contributed by atoms with van der Waals surface area (Å²) in [6, 6.07) is 4.79. The molecule has 1 aliphatic heterocycles. The van der Waals surface area contributed by atoms with Crippen LogP contribution in [-0.4, -0.2) is 33.1 Å². The first-order valence-electron chi connectivity index (χ1n) is 6.73. The Hall–Kier alpha value is -1.27. The van der Waals surface area contributed by atoms with Crippen LogP contribution in [0.25, 0.3) is 0 Å². The Labute approximate surface area is 120 Å². The summed E-state index contributed by atoms with van der Waals surface area (Å²) in [7, 11) is -3.15. The molecule has 112 valence electrons. The zero-order valence-electron chi connectivity index (χ0n) is 11.8. The van der Waals surface area contributed by atoms with Gasteiger partial charge in [0.05, 0.1) is 11.5 Å². The van der Waals surface area contributed by atoms with Crippen molar-refractivity contribution in [3.63, 3.8) is 0 Å². The van der Waals surface area contributed by atoms with Gasteiger partial charge in [-0.2, -0.15) is 0 Å². The monoisotopic (exact) mass is 299 g/mol. The van der Waals surface area contributed by atoms with Crippen molar-refractivity contribution in [3.8, 4) is 11.5 Å². The Morgan fingerprint density at radius 3 is 2.45 bits per heavy atom. The second-order valence-corrected chi connectivity index (χ2v) is 7.63. The lowest BCUT2D eigenvalue weighted by Gasteiger charge is -2.20. The third-order valence-electron chi connectivity index (χ3n) is 3.02. The van der Waals surface area contributed by atoms with Gasteiger partial charge in [0, 0.05) is 6.04 Å². The molecule has 20 heavy (non-hydrogen) atoms. The Kier molecular flexibility index (Phi) is 4.55. The third kappa shape index (κ3) is 3.86. The van der Waals surface area contributed by atoms with Crippen LogP contribution in [0.5, 0.6) is 11.5 Å². The standard InChI is InChI=1S/C14H21NO4S/c1-10(2)8-20(16,17)9-12(15)11-3-4-13-14(7-11)19-6-5-18-13/h3-4,7,10,12H,5-6,8-9,15H2,1-2H3. The van der Waals surface area contributed by atoms with E-state index in [0.29, 0.717) is 24.7 Å². The van der Waals surface area contributed by atoms with Crippen molar-refractivity contribution in [2.45, 2.75) is 19.9 Å². The Balaban J connectivity index is 2.11. The summed E-state index contributed by atoms with van der Waals surface area (Å²) in [5, 5.41) is 0. The fraction of sp³-hybridized carbons (Fsp3) is 0.571. The van der Waals surface area contributed by atoms with Crippen molar-refractivity contribution in [3.05, 3.63) is 23.8 Å². The van der Waals surface area contributed by atoms with E-state index in [4.69, 9.17) is 15.2 Å². The Bertz CT molecular complexity index is 569. The van der Waals surface area contributed by atoms with Crippen LogP contribution < -0.4 is 15.2 Å². The van der Waals surface area contributed by atoms with Gasteiger partial charge in [-0.15, -0.1) is 0 Å². The lowest BCUT2D eigenvalue weighted by atomic mass is 10.1. The van der Waals surface area contributed by atoms with Crippen molar-refractivity contribution in [1.82, 2.24) is 0 Å². The molecule has 0 saturated heterocycles. The van der Waals surface area contributed by atoms with Crippen molar-refractivity contribution in [2.75, 3.05) is 24.7 Å². The average Bonchev–Trinajstić information content (AvgIpc) is 2.36. The van der Waals surface area contributed by atoms with Crippen LogP contribution in [0, 0.1) is 5.92 Å². The molecule has 0 fully saturated rings. The average molecular weight is 299 g/mol. The van der Waals surface area contributed by atoms with E-state index in [-0.39, 0.29) is 17.4 Å². The molecule has 1 heterocycles. The number of sulfone groups is 1. The van der Waals surface area contributed by atoms with Gasteiger partial charge in [-0.25, -0.2) is 8.42 Å². The zero-order chi connectivity index (χ0) is 14.8. The molecule has 1 aromatic rings. The molecule has 2 N–H and O–H groups in total. The van der Waals surface area contributed by atoms with Crippen molar-refractivity contribution in [1.29, 1.82) is 0 Å². The van der Waals surface area contributed by atoms with Gasteiger partial charge in [-0.05, 0) is 23.6 Å². The maximum absolute atomic E-state index is 12.0. The van der Waals surface area contributed by atoms with Gasteiger partial charge in [0.2, 0.25) is 0 Å². The minimum atomic E-state index is -3.15. The van der Waals surface area contributed by atoms with Crippen LogP contribution in [0.15, 0.2) is 18.2 Å². The summed E-state index contributed by atoms with van der Waals surface area (Å²) in [6.45, 7) is 4.79. The molecule has 6 heteroatoms. The molecular formula is C14H21NO4S. The van der Waals surface area contributed by atoms with Crippen LogP contribution in [0.4, 0.5) is 0 Å². The van der Waals surface area contributed by atoms with Gasteiger partial charge in [-0.3, -0.25) is 0 Å². The summed E-state index contributed by atoms with van der Waals surface area (Å²) in [4.78, 5) is 0. The number of hydrogen-bond acceptors (Lipinski definition) is 5. The number of fused-ring (bicyclic) bond motifs is 1. The molecule has 0 spiro atoms. The van der Waals surface area contributed by atoms with Gasteiger partial charge < -0.3 is 15.2 Å². The third-order valence-corrected chi connectivity index (χ3v) is 5.06. The summed E-state index contributed by atoms with van der Waals surface area (Å²) >= 11 is 0. The topological polar surface area (TPSA) is 78.6 Å². The number of nitrogens with two attached hydrogens (primary N) is 1. The Morgan fingerprint density at radius 1 is 1.15 bits per heavy atom. The van der Waals surface area contributed by atoms with E-state index in [1.165, 1.54) is 0 Å². The molecule has 1 aromatic carbocycles. The van der Waals surface area contributed by atoms with Crippen LogP contribution in [0.2, 0.25) is 0 Å². The maximum Gasteiger partial charge on any atom is 0.161 e. The van der Waals surface area contributed by atoms with Crippen molar-refractivity contribution >= 4 is 9.84 Å². The SMILES string of the molecule is CC(C)CS(=O)(=O)CC(N)c1ccc2c(c1)OCCO2. The lowest BCUT2D eigenvalue weighted by Crippen LogP contribution is -2.25. The number of ether oxygens (including phenoxy) is 2. The van der Waals surface area contributed by atoms with Crippen LogP contribution in [0.3, 0.4) is 0 Å². The predicted molar refractivity (Wildman–Crippen MR) is 77.9 cm³/mol. The summed E-state index contributed by atoms with van der Waals surface area (Å²) < 4.78 is 34.9. The van der Waals surface area contributed by atoms with E-state index in [2.05, 4.69) is 0 Å². The summed E-state index contributed by atoms with van der Waals surface area (Å²) in [5.74, 6) is 1.52. The molecule has 0 saturated carbocycles. The molecule has 1 aliphatic rings. The molecule has 1 atom stereocenters. The summed E-state index contributed by atoms with van der Waals surface area (Å²) in [6.07, 6.45) is 0. The largest absolute Gasteiger partial charge is 0.486 e. The van der Waals surface area contributed by atoms with Crippen LogP contribution >= 0.6 is 0 Å². The molecule has 1 unspecified atom stereocenters. The predicted octanol–water partition coefficient (Wildman–Crippen LogP) is 1.53. The first-order valence-corrected chi connectivity index (χ1v) is 8.55. The highest BCUT2D eigenvalue weighted by atomic mass is 32.2. The minimum Gasteiger partial charge on any atom is -0.486 e. The van der Waals surface area contributed by atoms with Gasteiger partial charge in [0.1, 0.15) is 13.2 Å². The highest BCUT2D eigenvalue weighted by Gasteiger charge is 2.21. The second-order valence-electron chi connectivity index (χ2n) is 5.48.